The third-order valence-electron chi connectivity index (χ3n) is 3.06. The van der Waals surface area contributed by atoms with Crippen molar-refractivity contribution in [3.05, 3.63) is 48.1 Å². The molecule has 1 aromatic rings. The first kappa shape index (κ1) is 11.0. The van der Waals surface area contributed by atoms with Crippen molar-refractivity contribution >= 4 is 6.08 Å². The summed E-state index contributed by atoms with van der Waals surface area (Å²) in [5.74, 6) is 0.855. The maximum atomic E-state index is 5.65. The third kappa shape index (κ3) is 1.55. The normalized spacial score (nSPS) is 21.9. The Bertz CT molecular complexity index is 434. The number of rotatable bonds is 4. The van der Waals surface area contributed by atoms with Crippen LogP contribution in [0.15, 0.2) is 36.9 Å². The van der Waals surface area contributed by atoms with Crippen LogP contribution >= 0.6 is 0 Å². The largest absolute Gasteiger partial charge is 0.497 e. The minimum Gasteiger partial charge on any atom is -0.497 e. The van der Waals surface area contributed by atoms with Crippen molar-refractivity contribution in [1.82, 2.24) is 0 Å². The maximum absolute atomic E-state index is 5.65. The molecule has 0 N–H and O–H groups in total. The molecule has 1 unspecified atom stereocenters. The van der Waals surface area contributed by atoms with Crippen molar-refractivity contribution in [1.29, 1.82) is 0 Å². The van der Waals surface area contributed by atoms with Gasteiger partial charge in [-0.1, -0.05) is 18.2 Å². The maximum Gasteiger partial charge on any atom is 0.119 e. The van der Waals surface area contributed by atoms with Crippen LogP contribution in [-0.2, 0) is 10.3 Å². The molecule has 16 heavy (non-hydrogen) atoms. The third-order valence-corrected chi connectivity index (χ3v) is 3.06. The van der Waals surface area contributed by atoms with Gasteiger partial charge in [0, 0.05) is 13.5 Å². The lowest BCUT2D eigenvalue weighted by molar-refractivity contribution is 0.0344. The van der Waals surface area contributed by atoms with Crippen molar-refractivity contribution in [3.8, 4) is 5.75 Å². The molecule has 2 rings (SSSR count). The van der Waals surface area contributed by atoms with Crippen molar-refractivity contribution in [2.75, 3.05) is 14.2 Å². The Kier molecular flexibility index (Phi) is 2.84. The summed E-state index contributed by atoms with van der Waals surface area (Å²) in [5.41, 5.74) is 1.96. The second kappa shape index (κ2) is 4.14. The van der Waals surface area contributed by atoms with Gasteiger partial charge in [0.1, 0.15) is 11.4 Å². The van der Waals surface area contributed by atoms with Crippen molar-refractivity contribution in [3.63, 3.8) is 0 Å². The smallest absolute Gasteiger partial charge is 0.119 e. The number of fused-ring (bicyclic) bond motifs is 1. The SMILES string of the molecule is C=CCC1(OC)C=Cc2ccc(OC)cc21. The Hall–Kier alpha value is -1.54. The van der Waals surface area contributed by atoms with Crippen molar-refractivity contribution < 1.29 is 9.47 Å². The first-order valence-electron chi connectivity index (χ1n) is 5.29. The Morgan fingerprint density at radius 3 is 2.81 bits per heavy atom. The molecule has 0 spiro atoms. The van der Waals surface area contributed by atoms with Gasteiger partial charge in [0.2, 0.25) is 0 Å². The lowest BCUT2D eigenvalue weighted by atomic mass is 9.92. The first-order chi connectivity index (χ1) is 7.75. The summed E-state index contributed by atoms with van der Waals surface area (Å²) in [6, 6.07) is 6.04. The van der Waals surface area contributed by atoms with E-state index in [0.717, 1.165) is 17.7 Å². The number of methoxy groups -OCH3 is 2. The molecule has 1 atom stereocenters. The van der Waals surface area contributed by atoms with Gasteiger partial charge in [0.25, 0.3) is 0 Å². The second-order valence-electron chi connectivity index (χ2n) is 3.87. The van der Waals surface area contributed by atoms with Gasteiger partial charge >= 0.3 is 0 Å². The van der Waals surface area contributed by atoms with Crippen LogP contribution in [-0.4, -0.2) is 14.2 Å². The summed E-state index contributed by atoms with van der Waals surface area (Å²) in [4.78, 5) is 0. The highest BCUT2D eigenvalue weighted by Gasteiger charge is 2.33. The predicted molar refractivity (Wildman–Crippen MR) is 65.5 cm³/mol. The molecule has 2 heteroatoms. The van der Waals surface area contributed by atoms with Crippen LogP contribution < -0.4 is 4.74 Å². The van der Waals surface area contributed by atoms with Gasteiger partial charge in [-0.25, -0.2) is 0 Å². The molecule has 0 bridgehead atoms. The number of hydrogen-bond donors (Lipinski definition) is 0. The molecule has 0 saturated heterocycles. The molecule has 0 saturated carbocycles. The van der Waals surface area contributed by atoms with Crippen LogP contribution in [0.3, 0.4) is 0 Å². The molecule has 2 nitrogen and oxygen atoms in total. The Morgan fingerprint density at radius 2 is 2.19 bits per heavy atom. The molecule has 0 radical (unpaired) electrons. The van der Waals surface area contributed by atoms with Gasteiger partial charge < -0.3 is 9.47 Å². The first-order valence-corrected chi connectivity index (χ1v) is 5.29. The van der Waals surface area contributed by atoms with E-state index in [1.807, 2.05) is 18.2 Å². The van der Waals surface area contributed by atoms with Gasteiger partial charge in [-0.3, -0.25) is 0 Å². The van der Waals surface area contributed by atoms with Gasteiger partial charge in [0.05, 0.1) is 7.11 Å². The fraction of sp³-hybridized carbons (Fsp3) is 0.286. The van der Waals surface area contributed by atoms with Crippen molar-refractivity contribution in [2.24, 2.45) is 0 Å². The molecule has 1 aromatic carbocycles. The van der Waals surface area contributed by atoms with Crippen LogP contribution in [0.4, 0.5) is 0 Å². The van der Waals surface area contributed by atoms with E-state index < -0.39 is 0 Å². The molecular formula is C14H16O2. The molecule has 0 fully saturated rings. The minimum absolute atomic E-state index is 0.369. The monoisotopic (exact) mass is 216 g/mol. The molecule has 0 aliphatic heterocycles. The van der Waals surface area contributed by atoms with Gasteiger partial charge in [0.15, 0.2) is 0 Å². The minimum atomic E-state index is -0.369. The van der Waals surface area contributed by atoms with Gasteiger partial charge in [-0.05, 0) is 29.3 Å². The Balaban J connectivity index is 2.49. The molecule has 1 aliphatic rings. The lowest BCUT2D eigenvalue weighted by Crippen LogP contribution is -2.23. The average molecular weight is 216 g/mol. The summed E-state index contributed by atoms with van der Waals surface area (Å²) in [6.07, 6.45) is 6.81. The Labute approximate surface area is 96.2 Å². The molecule has 0 heterocycles. The fourth-order valence-electron chi connectivity index (χ4n) is 2.14. The molecule has 84 valence electrons. The molecular weight excluding hydrogens is 200 g/mol. The lowest BCUT2D eigenvalue weighted by Gasteiger charge is -2.26. The zero-order chi connectivity index (χ0) is 11.6. The summed E-state index contributed by atoms with van der Waals surface area (Å²) in [7, 11) is 3.40. The van der Waals surface area contributed by atoms with E-state index in [4.69, 9.17) is 9.47 Å². The van der Waals surface area contributed by atoms with Crippen molar-refractivity contribution in [2.45, 2.75) is 12.0 Å². The van der Waals surface area contributed by atoms with E-state index in [0.29, 0.717) is 0 Å². The zero-order valence-electron chi connectivity index (χ0n) is 9.69. The predicted octanol–water partition coefficient (Wildman–Crippen LogP) is 3.14. The van der Waals surface area contributed by atoms with E-state index in [9.17, 15) is 0 Å². The van der Waals surface area contributed by atoms with Crippen LogP contribution in [0.2, 0.25) is 0 Å². The van der Waals surface area contributed by atoms with E-state index in [-0.39, 0.29) is 5.60 Å². The number of ether oxygens (including phenoxy) is 2. The highest BCUT2D eigenvalue weighted by Crippen LogP contribution is 2.41. The fourth-order valence-corrected chi connectivity index (χ4v) is 2.14. The average Bonchev–Trinajstić information content (AvgIpc) is 2.69. The second-order valence-corrected chi connectivity index (χ2v) is 3.87. The summed E-state index contributed by atoms with van der Waals surface area (Å²) in [5, 5.41) is 0. The van der Waals surface area contributed by atoms with Crippen LogP contribution in [0.1, 0.15) is 17.5 Å². The topological polar surface area (TPSA) is 18.5 Å². The molecule has 0 aromatic heterocycles. The highest BCUT2D eigenvalue weighted by atomic mass is 16.5. The quantitative estimate of drug-likeness (QED) is 0.720. The summed E-state index contributed by atoms with van der Waals surface area (Å²) < 4.78 is 10.9. The molecule has 0 amide bonds. The van der Waals surface area contributed by atoms with Crippen LogP contribution in [0.5, 0.6) is 5.75 Å². The standard InChI is InChI=1S/C14H16O2/c1-4-8-14(16-3)9-7-11-5-6-12(15-2)10-13(11)14/h4-7,9-10H,1,8H2,2-3H3. The number of hydrogen-bond acceptors (Lipinski definition) is 2. The summed E-state index contributed by atoms with van der Waals surface area (Å²) in [6.45, 7) is 3.79. The van der Waals surface area contributed by atoms with Crippen LogP contribution in [0.25, 0.3) is 6.08 Å². The van der Waals surface area contributed by atoms with E-state index >= 15 is 0 Å². The molecule has 1 aliphatic carbocycles. The van der Waals surface area contributed by atoms with E-state index in [1.54, 1.807) is 14.2 Å². The van der Waals surface area contributed by atoms with Gasteiger partial charge in [-0.15, -0.1) is 6.58 Å². The van der Waals surface area contributed by atoms with Gasteiger partial charge in [-0.2, -0.15) is 0 Å². The van der Waals surface area contributed by atoms with Crippen LogP contribution in [0, 0.1) is 0 Å². The zero-order valence-corrected chi connectivity index (χ0v) is 9.69. The summed E-state index contributed by atoms with van der Waals surface area (Å²) >= 11 is 0. The number of benzene rings is 1. The Morgan fingerprint density at radius 1 is 1.38 bits per heavy atom. The van der Waals surface area contributed by atoms with E-state index in [1.165, 1.54) is 5.56 Å². The highest BCUT2D eigenvalue weighted by molar-refractivity contribution is 5.65. The van der Waals surface area contributed by atoms with E-state index in [2.05, 4.69) is 24.8 Å².